The third-order valence-corrected chi connectivity index (χ3v) is 6.85. The maximum atomic E-state index is 13.0. The minimum absolute atomic E-state index is 0.0567. The summed E-state index contributed by atoms with van der Waals surface area (Å²) in [5.41, 5.74) is 3.56. The summed E-state index contributed by atoms with van der Waals surface area (Å²) in [7, 11) is 0. The predicted molar refractivity (Wildman–Crippen MR) is 145 cm³/mol. The van der Waals surface area contributed by atoms with Crippen molar-refractivity contribution >= 4 is 33.6 Å². The number of esters is 1. The van der Waals surface area contributed by atoms with Gasteiger partial charge in [-0.05, 0) is 49.2 Å². The van der Waals surface area contributed by atoms with Crippen LogP contribution >= 0.6 is 0 Å². The van der Waals surface area contributed by atoms with Crippen LogP contribution in [-0.2, 0) is 4.79 Å². The van der Waals surface area contributed by atoms with E-state index in [1.165, 1.54) is 21.8 Å². The van der Waals surface area contributed by atoms with Crippen LogP contribution in [0.3, 0.4) is 0 Å². The molecule has 4 aromatic carbocycles. The molecule has 2 unspecified atom stereocenters. The van der Waals surface area contributed by atoms with E-state index >= 15 is 0 Å². The Morgan fingerprint density at radius 1 is 0.722 bits per heavy atom. The third kappa shape index (κ3) is 4.55. The van der Waals surface area contributed by atoms with E-state index in [1.807, 2.05) is 25.1 Å². The molecular formula is C32H29NO3. The number of hydrogen-bond acceptors (Lipinski definition) is 3. The Bertz CT molecular complexity index is 1460. The largest absolute Gasteiger partial charge is 0.426 e. The van der Waals surface area contributed by atoms with E-state index in [4.69, 9.17) is 4.74 Å². The standard InChI is InChI=1S/C32H29NO3/c1-3-25(33-29-15-9-7-13-27(29)28-14-8-10-16-30(28)33)21-22(2)32(35)36-26-19-17-24(18-20-26)31(34)23-11-5-4-6-12-23/h4-20,22,25H,3,21H2,1-2H3. The van der Waals surface area contributed by atoms with Crippen molar-refractivity contribution in [2.45, 2.75) is 32.7 Å². The second-order valence-corrected chi connectivity index (χ2v) is 9.24. The Morgan fingerprint density at radius 2 is 1.25 bits per heavy atom. The van der Waals surface area contributed by atoms with Gasteiger partial charge in [-0.2, -0.15) is 0 Å². The Labute approximate surface area is 211 Å². The van der Waals surface area contributed by atoms with Gasteiger partial charge in [-0.15, -0.1) is 0 Å². The fourth-order valence-electron chi connectivity index (χ4n) is 4.95. The minimum atomic E-state index is -0.291. The van der Waals surface area contributed by atoms with Crippen LogP contribution in [0.15, 0.2) is 103 Å². The van der Waals surface area contributed by atoms with Crippen LogP contribution in [0.25, 0.3) is 21.8 Å². The lowest BCUT2D eigenvalue weighted by molar-refractivity contribution is -0.138. The molecule has 36 heavy (non-hydrogen) atoms. The van der Waals surface area contributed by atoms with Crippen LogP contribution in [0, 0.1) is 5.92 Å². The van der Waals surface area contributed by atoms with E-state index in [1.54, 1.807) is 36.4 Å². The lowest BCUT2D eigenvalue weighted by Crippen LogP contribution is -2.22. The molecule has 0 N–H and O–H groups in total. The number of rotatable bonds is 8. The van der Waals surface area contributed by atoms with E-state index in [-0.39, 0.29) is 23.7 Å². The molecule has 0 saturated carbocycles. The molecule has 5 rings (SSSR count). The summed E-state index contributed by atoms with van der Waals surface area (Å²) in [5, 5.41) is 2.46. The zero-order valence-electron chi connectivity index (χ0n) is 20.6. The number of ketones is 1. The second kappa shape index (κ2) is 10.2. The van der Waals surface area contributed by atoms with Crippen LogP contribution in [0.1, 0.15) is 48.7 Å². The molecule has 0 saturated heterocycles. The molecular weight excluding hydrogens is 446 g/mol. The average Bonchev–Trinajstić information content (AvgIpc) is 3.26. The molecule has 2 atom stereocenters. The quantitative estimate of drug-likeness (QED) is 0.132. The van der Waals surface area contributed by atoms with Crippen molar-refractivity contribution < 1.29 is 14.3 Å². The molecule has 4 nitrogen and oxygen atoms in total. The van der Waals surface area contributed by atoms with E-state index < -0.39 is 0 Å². The van der Waals surface area contributed by atoms with Crippen molar-refractivity contribution in [2.75, 3.05) is 0 Å². The van der Waals surface area contributed by atoms with Gasteiger partial charge in [0.25, 0.3) is 0 Å². The van der Waals surface area contributed by atoms with Gasteiger partial charge in [-0.3, -0.25) is 9.59 Å². The van der Waals surface area contributed by atoms with Crippen LogP contribution in [0.5, 0.6) is 5.75 Å². The topological polar surface area (TPSA) is 48.3 Å². The van der Waals surface area contributed by atoms with Gasteiger partial charge in [0, 0.05) is 39.0 Å². The lowest BCUT2D eigenvalue weighted by atomic mass is 9.99. The molecule has 0 radical (unpaired) electrons. The van der Waals surface area contributed by atoms with Crippen molar-refractivity contribution in [3.8, 4) is 5.75 Å². The number of nitrogens with zero attached hydrogens (tertiary/aromatic N) is 1. The highest BCUT2D eigenvalue weighted by Crippen LogP contribution is 2.35. The summed E-state index contributed by atoms with van der Waals surface area (Å²) in [4.78, 5) is 25.6. The van der Waals surface area contributed by atoms with Crippen molar-refractivity contribution in [1.29, 1.82) is 0 Å². The van der Waals surface area contributed by atoms with Gasteiger partial charge >= 0.3 is 5.97 Å². The van der Waals surface area contributed by atoms with Crippen molar-refractivity contribution in [3.63, 3.8) is 0 Å². The van der Waals surface area contributed by atoms with E-state index in [2.05, 4.69) is 60.0 Å². The maximum Gasteiger partial charge on any atom is 0.314 e. The lowest BCUT2D eigenvalue weighted by Gasteiger charge is -2.23. The van der Waals surface area contributed by atoms with Crippen LogP contribution in [-0.4, -0.2) is 16.3 Å². The molecule has 1 aromatic heterocycles. The predicted octanol–water partition coefficient (Wildman–Crippen LogP) is 7.61. The van der Waals surface area contributed by atoms with Crippen molar-refractivity contribution in [3.05, 3.63) is 114 Å². The fourth-order valence-corrected chi connectivity index (χ4v) is 4.95. The first-order chi connectivity index (χ1) is 17.6. The average molecular weight is 476 g/mol. The van der Waals surface area contributed by atoms with Crippen molar-refractivity contribution in [2.24, 2.45) is 5.92 Å². The van der Waals surface area contributed by atoms with Gasteiger partial charge in [-0.1, -0.05) is 80.6 Å². The van der Waals surface area contributed by atoms with E-state index in [9.17, 15) is 9.59 Å². The first kappa shape index (κ1) is 23.6. The van der Waals surface area contributed by atoms with E-state index in [0.29, 0.717) is 23.3 Å². The molecule has 0 spiro atoms. The molecule has 5 aromatic rings. The Kier molecular flexibility index (Phi) is 6.68. The number of hydrogen-bond donors (Lipinski definition) is 0. The Morgan fingerprint density at radius 3 is 1.83 bits per heavy atom. The van der Waals surface area contributed by atoms with Gasteiger partial charge in [0.15, 0.2) is 5.78 Å². The maximum absolute atomic E-state index is 13.0. The second-order valence-electron chi connectivity index (χ2n) is 9.24. The highest BCUT2D eigenvalue weighted by Gasteiger charge is 2.24. The van der Waals surface area contributed by atoms with Gasteiger partial charge in [0.05, 0.1) is 5.92 Å². The number of fused-ring (bicyclic) bond motifs is 3. The smallest absolute Gasteiger partial charge is 0.314 e. The number of carbonyl (C=O) groups excluding carboxylic acids is 2. The molecule has 0 aliphatic rings. The van der Waals surface area contributed by atoms with Gasteiger partial charge in [0.1, 0.15) is 5.75 Å². The number of ether oxygens (including phenoxy) is 1. The summed E-state index contributed by atoms with van der Waals surface area (Å²) in [6.07, 6.45) is 1.57. The number of para-hydroxylation sites is 2. The summed E-state index contributed by atoms with van der Waals surface area (Å²) >= 11 is 0. The fraction of sp³-hybridized carbons (Fsp3) is 0.188. The van der Waals surface area contributed by atoms with Crippen LogP contribution in [0.4, 0.5) is 0 Å². The number of aromatic nitrogens is 1. The zero-order chi connectivity index (χ0) is 25.1. The Hall–Kier alpha value is -4.18. The minimum Gasteiger partial charge on any atom is -0.426 e. The third-order valence-electron chi connectivity index (χ3n) is 6.85. The first-order valence-electron chi connectivity index (χ1n) is 12.5. The molecule has 4 heteroatoms. The summed E-state index contributed by atoms with van der Waals surface area (Å²) in [6, 6.07) is 33.0. The molecule has 0 amide bonds. The normalized spacial score (nSPS) is 12.9. The molecule has 0 fully saturated rings. The number of carbonyl (C=O) groups is 2. The van der Waals surface area contributed by atoms with Crippen LogP contribution < -0.4 is 4.74 Å². The van der Waals surface area contributed by atoms with Crippen molar-refractivity contribution in [1.82, 2.24) is 4.57 Å². The van der Waals surface area contributed by atoms with Crippen LogP contribution in [0.2, 0.25) is 0 Å². The van der Waals surface area contributed by atoms with Gasteiger partial charge in [0.2, 0.25) is 0 Å². The summed E-state index contributed by atoms with van der Waals surface area (Å²) < 4.78 is 8.07. The first-order valence-corrected chi connectivity index (χ1v) is 12.5. The van der Waals surface area contributed by atoms with Gasteiger partial charge in [-0.25, -0.2) is 0 Å². The highest BCUT2D eigenvalue weighted by atomic mass is 16.5. The zero-order valence-corrected chi connectivity index (χ0v) is 20.6. The molecule has 1 heterocycles. The Balaban J connectivity index is 1.31. The summed E-state index contributed by atoms with van der Waals surface area (Å²) in [5.74, 6) is -0.169. The summed E-state index contributed by atoms with van der Waals surface area (Å²) in [6.45, 7) is 4.08. The van der Waals surface area contributed by atoms with Gasteiger partial charge < -0.3 is 9.30 Å². The number of benzene rings is 4. The van der Waals surface area contributed by atoms with E-state index in [0.717, 1.165) is 6.42 Å². The highest BCUT2D eigenvalue weighted by molar-refractivity contribution is 6.09. The SMILES string of the molecule is CCC(CC(C)C(=O)Oc1ccc(C(=O)c2ccccc2)cc1)n1c2ccccc2c2ccccc21. The molecule has 0 bridgehead atoms. The monoisotopic (exact) mass is 475 g/mol. The molecule has 0 aliphatic heterocycles. The molecule has 0 aliphatic carbocycles. The molecule has 180 valence electrons.